The molecule has 0 rings (SSSR count). The average Bonchev–Trinajstić information content (AvgIpc) is 2.47. The predicted molar refractivity (Wildman–Crippen MR) is 104 cm³/mol. The van der Waals surface area contributed by atoms with Crippen molar-refractivity contribution < 1.29 is 87.7 Å². The molecule has 2 unspecified atom stereocenters. The quantitative estimate of drug-likeness (QED) is 0.279. The molecule has 0 fully saturated rings. The Morgan fingerprint density at radius 1 is 0.629 bits per heavy atom. The van der Waals surface area contributed by atoms with Crippen LogP contribution in [-0.4, -0.2) is 57.3 Å². The first-order valence-electron chi connectivity index (χ1n) is 9.53. The summed E-state index contributed by atoms with van der Waals surface area (Å²) in [5.74, 6) is -10.8. The van der Waals surface area contributed by atoms with E-state index in [1.807, 2.05) is 0 Å². The van der Waals surface area contributed by atoms with Gasteiger partial charge in [0.2, 0.25) is 0 Å². The maximum atomic E-state index is 11.7. The minimum absolute atomic E-state index is 0. The van der Waals surface area contributed by atoms with Crippen LogP contribution in [0.5, 0.6) is 0 Å². The summed E-state index contributed by atoms with van der Waals surface area (Å²) in [6.07, 6.45) is -11.7. The van der Waals surface area contributed by atoms with Gasteiger partial charge in [-0.2, -0.15) is 26.3 Å². The minimum Gasteiger partial charge on any atom is -0.550 e. The standard InChI is InChI=1S/2C6H7F3O3.2C4H10O.Ti/c2*1-3(6(7,8)9)4(10)2-5(11)12;2*1-4(2,3)5;/h2*3H,2H2,1H3,(H,11,12);2*5H,1-3H3;/q;;;;+2/p-2. The molecule has 0 aromatic heterocycles. The summed E-state index contributed by atoms with van der Waals surface area (Å²) < 4.78 is 70.3. The molecule has 15 heteroatoms. The van der Waals surface area contributed by atoms with Crippen LogP contribution in [0.15, 0.2) is 0 Å². The van der Waals surface area contributed by atoms with Gasteiger partial charge in [-0.05, 0) is 55.4 Å². The summed E-state index contributed by atoms with van der Waals surface area (Å²) >= 11 is 0. The number of alkyl halides is 6. The van der Waals surface area contributed by atoms with Crippen molar-refractivity contribution in [1.82, 2.24) is 0 Å². The van der Waals surface area contributed by atoms with Gasteiger partial charge in [0.1, 0.15) is 23.4 Å². The number of carbonyl (C=O) groups is 4. The zero-order valence-electron chi connectivity index (χ0n) is 20.7. The number of aliphatic carboxylic acids is 2. The molecule has 0 amide bonds. The Bertz CT molecular complexity index is 582. The molecule has 8 nitrogen and oxygen atoms in total. The van der Waals surface area contributed by atoms with Crippen LogP contribution in [0, 0.1) is 11.8 Å². The molecule has 0 aromatic rings. The van der Waals surface area contributed by atoms with Gasteiger partial charge in [-0.15, -0.1) is 0 Å². The van der Waals surface area contributed by atoms with Crippen LogP contribution in [-0.2, 0) is 40.9 Å². The smallest absolute Gasteiger partial charge is 0.550 e. The molecule has 0 aliphatic heterocycles. The molecule has 0 aromatic carbocycles. The fourth-order valence-corrected chi connectivity index (χ4v) is 0.956. The van der Waals surface area contributed by atoms with Crippen LogP contribution in [0.4, 0.5) is 26.3 Å². The molecule has 0 aliphatic rings. The molecule has 0 saturated heterocycles. The van der Waals surface area contributed by atoms with E-state index in [9.17, 15) is 55.7 Å². The minimum atomic E-state index is -4.67. The number of halogens is 6. The van der Waals surface area contributed by atoms with Gasteiger partial charge in [0.25, 0.3) is 0 Å². The maximum absolute atomic E-state index is 11.7. The topological polar surface area (TPSA) is 155 Å². The molecule has 0 heterocycles. The number of carboxylic acid groups (broad SMARTS) is 2. The zero-order chi connectivity index (χ0) is 28.9. The second kappa shape index (κ2) is 17.8. The number of aliphatic hydroxyl groups is 2. The summed E-state index contributed by atoms with van der Waals surface area (Å²) in [5, 5.41) is 36.5. The number of carboxylic acids is 2. The summed E-state index contributed by atoms with van der Waals surface area (Å²) in [6.45, 7) is 11.7. The van der Waals surface area contributed by atoms with Gasteiger partial charge >= 0.3 is 34.1 Å². The molecule has 2 atom stereocenters. The molecular formula is C20H32F6O8Ti. The Balaban J connectivity index is -0.000000122. The fourth-order valence-electron chi connectivity index (χ4n) is 0.956. The largest absolute Gasteiger partial charge is 2.00 e. The number of hydrogen-bond donors (Lipinski definition) is 2. The molecule has 0 radical (unpaired) electrons. The molecule has 35 heavy (non-hydrogen) atoms. The van der Waals surface area contributed by atoms with E-state index in [1.54, 1.807) is 41.5 Å². The number of ketones is 2. The fraction of sp³-hybridized carbons (Fsp3) is 0.800. The normalized spacial score (nSPS) is 13.0. The molecular weight excluding hydrogens is 530 g/mol. The van der Waals surface area contributed by atoms with Gasteiger partial charge in [0, 0.05) is 24.8 Å². The molecule has 206 valence electrons. The van der Waals surface area contributed by atoms with Crippen LogP contribution in [0.1, 0.15) is 68.2 Å². The van der Waals surface area contributed by atoms with E-state index in [0.29, 0.717) is 13.8 Å². The SMILES string of the molecule is CC(C(=O)CC(=O)[O-])C(F)(F)F.CC(C(=O)CC(=O)[O-])C(F)(F)F.CC(C)(C)O.CC(C)(C)O.[Ti+2]. The predicted octanol–water partition coefficient (Wildman–Crippen LogP) is 1.34. The zero-order valence-corrected chi connectivity index (χ0v) is 22.2. The van der Waals surface area contributed by atoms with E-state index in [4.69, 9.17) is 10.2 Å². The summed E-state index contributed by atoms with van der Waals surface area (Å²) in [7, 11) is 0. The van der Waals surface area contributed by atoms with E-state index in [-0.39, 0.29) is 21.7 Å². The van der Waals surface area contributed by atoms with Crippen LogP contribution in [0.3, 0.4) is 0 Å². The van der Waals surface area contributed by atoms with Gasteiger partial charge < -0.3 is 30.0 Å². The van der Waals surface area contributed by atoms with E-state index in [1.165, 1.54) is 0 Å². The van der Waals surface area contributed by atoms with Gasteiger partial charge in [0.05, 0.1) is 11.2 Å². The molecule has 0 bridgehead atoms. The van der Waals surface area contributed by atoms with E-state index < -0.39 is 71.7 Å². The Morgan fingerprint density at radius 3 is 0.857 bits per heavy atom. The van der Waals surface area contributed by atoms with Crippen molar-refractivity contribution in [3.8, 4) is 0 Å². The Hall–Kier alpha value is -1.51. The molecule has 0 saturated carbocycles. The van der Waals surface area contributed by atoms with Crippen molar-refractivity contribution in [2.24, 2.45) is 11.8 Å². The van der Waals surface area contributed by atoms with Crippen molar-refractivity contribution in [2.75, 3.05) is 0 Å². The number of Topliss-reactive ketones (excluding diaryl/α,β-unsaturated/α-hetero) is 2. The van der Waals surface area contributed by atoms with E-state index in [2.05, 4.69) is 0 Å². The van der Waals surface area contributed by atoms with Gasteiger partial charge in [-0.3, -0.25) is 9.59 Å². The monoisotopic (exact) mass is 562 g/mol. The van der Waals surface area contributed by atoms with Crippen molar-refractivity contribution in [2.45, 2.75) is 91.8 Å². The first-order valence-corrected chi connectivity index (χ1v) is 9.53. The van der Waals surface area contributed by atoms with Crippen LogP contribution in [0.2, 0.25) is 0 Å². The third kappa shape index (κ3) is 43.0. The van der Waals surface area contributed by atoms with Crippen molar-refractivity contribution in [3.05, 3.63) is 0 Å². The third-order valence-corrected chi connectivity index (χ3v) is 2.59. The van der Waals surface area contributed by atoms with Gasteiger partial charge in [-0.1, -0.05) is 0 Å². The Morgan fingerprint density at radius 2 is 0.771 bits per heavy atom. The first kappa shape index (κ1) is 43.6. The first-order chi connectivity index (χ1) is 14.5. The second-order valence-electron chi connectivity index (χ2n) is 8.90. The summed E-state index contributed by atoms with van der Waals surface area (Å²) in [6, 6.07) is 0. The van der Waals surface area contributed by atoms with Crippen molar-refractivity contribution in [1.29, 1.82) is 0 Å². The van der Waals surface area contributed by atoms with E-state index >= 15 is 0 Å². The number of carbonyl (C=O) groups excluding carboxylic acids is 4. The average molecular weight is 562 g/mol. The van der Waals surface area contributed by atoms with Crippen molar-refractivity contribution in [3.63, 3.8) is 0 Å². The third-order valence-electron chi connectivity index (χ3n) is 2.59. The number of rotatable bonds is 6. The Kier molecular flexibility index (Phi) is 22.2. The molecule has 0 aliphatic carbocycles. The summed E-state index contributed by atoms with van der Waals surface area (Å²) in [4.78, 5) is 40.4. The van der Waals surface area contributed by atoms with Gasteiger partial charge in [-0.25, -0.2) is 0 Å². The van der Waals surface area contributed by atoms with Crippen LogP contribution in [0.25, 0.3) is 0 Å². The maximum Gasteiger partial charge on any atom is 2.00 e. The van der Waals surface area contributed by atoms with Crippen molar-refractivity contribution >= 4 is 23.5 Å². The van der Waals surface area contributed by atoms with Gasteiger partial charge in [0.15, 0.2) is 0 Å². The second-order valence-corrected chi connectivity index (χ2v) is 8.90. The number of hydrogen-bond acceptors (Lipinski definition) is 8. The summed E-state index contributed by atoms with van der Waals surface area (Å²) in [5.41, 5.74) is -1.00. The molecule has 2 N–H and O–H groups in total. The van der Waals surface area contributed by atoms with Crippen LogP contribution >= 0.6 is 0 Å². The van der Waals surface area contributed by atoms with E-state index in [0.717, 1.165) is 0 Å². The van der Waals surface area contributed by atoms with Crippen LogP contribution < -0.4 is 10.2 Å². The molecule has 0 spiro atoms. The Labute approximate surface area is 215 Å².